The largest absolute Gasteiger partial charge is 0.351 e. The molecule has 94 valence electrons. The van der Waals surface area contributed by atoms with Gasteiger partial charge in [0.2, 0.25) is 5.91 Å². The SMILES string of the molecule is Cc1ccccc1CNC(=O)[C@@H](N)C(C)(C)C. The van der Waals surface area contributed by atoms with Crippen molar-refractivity contribution in [3.63, 3.8) is 0 Å². The fourth-order valence-electron chi connectivity index (χ4n) is 1.49. The zero-order valence-electron chi connectivity index (χ0n) is 11.1. The Hall–Kier alpha value is -1.35. The smallest absolute Gasteiger partial charge is 0.237 e. The lowest BCUT2D eigenvalue weighted by Crippen LogP contribution is -2.48. The number of nitrogens with one attached hydrogen (secondary N) is 1. The summed E-state index contributed by atoms with van der Waals surface area (Å²) >= 11 is 0. The number of hydrogen-bond acceptors (Lipinski definition) is 2. The predicted molar refractivity (Wildman–Crippen MR) is 70.5 cm³/mol. The van der Waals surface area contributed by atoms with Crippen LogP contribution < -0.4 is 11.1 Å². The molecule has 0 spiro atoms. The summed E-state index contributed by atoms with van der Waals surface area (Å²) in [7, 11) is 0. The Balaban J connectivity index is 2.58. The quantitative estimate of drug-likeness (QED) is 0.840. The lowest BCUT2D eigenvalue weighted by Gasteiger charge is -2.25. The van der Waals surface area contributed by atoms with Crippen molar-refractivity contribution < 1.29 is 4.79 Å². The van der Waals surface area contributed by atoms with Gasteiger partial charge in [0, 0.05) is 6.54 Å². The minimum absolute atomic E-state index is 0.0965. The molecule has 1 aromatic carbocycles. The van der Waals surface area contributed by atoms with Gasteiger partial charge >= 0.3 is 0 Å². The van der Waals surface area contributed by atoms with Crippen LogP contribution in [0, 0.1) is 12.3 Å². The van der Waals surface area contributed by atoms with Gasteiger partial charge in [0.25, 0.3) is 0 Å². The molecular formula is C14H22N2O. The zero-order chi connectivity index (χ0) is 13.1. The van der Waals surface area contributed by atoms with Crippen LogP contribution in [0.5, 0.6) is 0 Å². The molecular weight excluding hydrogens is 212 g/mol. The van der Waals surface area contributed by atoms with Crippen LogP contribution in [0.15, 0.2) is 24.3 Å². The highest BCUT2D eigenvalue weighted by Gasteiger charge is 2.27. The molecule has 0 saturated carbocycles. The van der Waals surface area contributed by atoms with Crippen molar-refractivity contribution in [3.8, 4) is 0 Å². The predicted octanol–water partition coefficient (Wildman–Crippen LogP) is 1.98. The molecule has 3 heteroatoms. The summed E-state index contributed by atoms with van der Waals surface area (Å²) in [6.07, 6.45) is 0. The Morgan fingerprint density at radius 2 is 1.94 bits per heavy atom. The van der Waals surface area contributed by atoms with E-state index in [2.05, 4.69) is 5.32 Å². The van der Waals surface area contributed by atoms with Gasteiger partial charge in [-0.05, 0) is 23.5 Å². The first-order valence-corrected chi connectivity index (χ1v) is 5.90. The normalized spacial score (nSPS) is 13.2. The van der Waals surface area contributed by atoms with Gasteiger partial charge < -0.3 is 11.1 Å². The second-order valence-electron chi connectivity index (χ2n) is 5.49. The van der Waals surface area contributed by atoms with Crippen LogP contribution in [0.1, 0.15) is 31.9 Å². The number of hydrogen-bond donors (Lipinski definition) is 2. The monoisotopic (exact) mass is 234 g/mol. The topological polar surface area (TPSA) is 55.1 Å². The molecule has 0 aliphatic heterocycles. The second-order valence-corrected chi connectivity index (χ2v) is 5.49. The maximum absolute atomic E-state index is 11.8. The Morgan fingerprint density at radius 1 is 1.35 bits per heavy atom. The van der Waals surface area contributed by atoms with Gasteiger partial charge in [0.1, 0.15) is 0 Å². The van der Waals surface area contributed by atoms with E-state index in [1.54, 1.807) is 0 Å². The van der Waals surface area contributed by atoms with Crippen molar-refractivity contribution in [3.05, 3.63) is 35.4 Å². The zero-order valence-corrected chi connectivity index (χ0v) is 11.1. The van der Waals surface area contributed by atoms with Crippen molar-refractivity contribution in [1.82, 2.24) is 5.32 Å². The van der Waals surface area contributed by atoms with E-state index in [4.69, 9.17) is 5.73 Å². The third-order valence-corrected chi connectivity index (χ3v) is 2.93. The maximum Gasteiger partial charge on any atom is 0.237 e. The summed E-state index contributed by atoms with van der Waals surface area (Å²) in [6.45, 7) is 8.46. The fraction of sp³-hybridized carbons (Fsp3) is 0.500. The Kier molecular flexibility index (Phi) is 4.29. The molecule has 0 heterocycles. The van der Waals surface area contributed by atoms with Crippen LogP contribution in [0.25, 0.3) is 0 Å². The number of aryl methyl sites for hydroxylation is 1. The highest BCUT2D eigenvalue weighted by Crippen LogP contribution is 2.17. The summed E-state index contributed by atoms with van der Waals surface area (Å²) in [5.74, 6) is -0.0965. The molecule has 0 bridgehead atoms. The van der Waals surface area contributed by atoms with Crippen LogP contribution in [-0.2, 0) is 11.3 Å². The fourth-order valence-corrected chi connectivity index (χ4v) is 1.49. The molecule has 0 aliphatic rings. The summed E-state index contributed by atoms with van der Waals surface area (Å²) in [4.78, 5) is 11.8. The molecule has 1 aromatic rings. The van der Waals surface area contributed by atoms with Gasteiger partial charge in [-0.1, -0.05) is 45.0 Å². The first-order valence-electron chi connectivity index (χ1n) is 5.90. The van der Waals surface area contributed by atoms with Crippen LogP contribution in [0.3, 0.4) is 0 Å². The third kappa shape index (κ3) is 3.86. The van der Waals surface area contributed by atoms with Gasteiger partial charge in [-0.2, -0.15) is 0 Å². The maximum atomic E-state index is 11.8. The lowest BCUT2D eigenvalue weighted by molar-refractivity contribution is -0.124. The molecule has 0 unspecified atom stereocenters. The minimum Gasteiger partial charge on any atom is -0.351 e. The molecule has 0 radical (unpaired) electrons. The molecule has 17 heavy (non-hydrogen) atoms. The van der Waals surface area contributed by atoms with Crippen LogP contribution in [-0.4, -0.2) is 11.9 Å². The number of carbonyl (C=O) groups excluding carboxylic acids is 1. The van der Waals surface area contributed by atoms with E-state index >= 15 is 0 Å². The number of amides is 1. The van der Waals surface area contributed by atoms with E-state index in [1.807, 2.05) is 52.0 Å². The van der Waals surface area contributed by atoms with Gasteiger partial charge in [-0.15, -0.1) is 0 Å². The van der Waals surface area contributed by atoms with E-state index in [1.165, 1.54) is 5.56 Å². The first kappa shape index (κ1) is 13.7. The van der Waals surface area contributed by atoms with Gasteiger partial charge in [0.15, 0.2) is 0 Å². The molecule has 0 saturated heterocycles. The van der Waals surface area contributed by atoms with E-state index in [-0.39, 0.29) is 11.3 Å². The van der Waals surface area contributed by atoms with Crippen LogP contribution in [0.4, 0.5) is 0 Å². The van der Waals surface area contributed by atoms with E-state index in [0.717, 1.165) is 5.56 Å². The lowest BCUT2D eigenvalue weighted by atomic mass is 9.87. The van der Waals surface area contributed by atoms with E-state index in [9.17, 15) is 4.79 Å². The molecule has 1 amide bonds. The second kappa shape index (κ2) is 5.32. The average Bonchev–Trinajstić information content (AvgIpc) is 2.25. The molecule has 1 rings (SSSR count). The molecule has 0 aromatic heterocycles. The Morgan fingerprint density at radius 3 is 2.47 bits per heavy atom. The number of benzene rings is 1. The Labute approximate surface area is 103 Å². The Bertz CT molecular complexity index is 393. The molecule has 1 atom stereocenters. The number of nitrogens with two attached hydrogens (primary N) is 1. The number of rotatable bonds is 3. The molecule has 0 aliphatic carbocycles. The summed E-state index contributed by atoms with van der Waals surface area (Å²) in [5, 5.41) is 2.88. The van der Waals surface area contributed by atoms with Gasteiger partial charge in [-0.25, -0.2) is 0 Å². The van der Waals surface area contributed by atoms with Crippen molar-refractivity contribution >= 4 is 5.91 Å². The molecule has 3 N–H and O–H groups in total. The molecule has 3 nitrogen and oxygen atoms in total. The van der Waals surface area contributed by atoms with Crippen LogP contribution >= 0.6 is 0 Å². The van der Waals surface area contributed by atoms with Crippen molar-refractivity contribution in [1.29, 1.82) is 0 Å². The standard InChI is InChI=1S/C14H22N2O/c1-10-7-5-6-8-11(10)9-16-13(17)12(15)14(2,3)4/h5-8,12H,9,15H2,1-4H3,(H,16,17)/t12-/m1/s1. The first-order chi connectivity index (χ1) is 7.82. The van der Waals surface area contributed by atoms with Gasteiger partial charge in [-0.3, -0.25) is 4.79 Å². The summed E-state index contributed by atoms with van der Waals surface area (Å²) < 4.78 is 0. The van der Waals surface area contributed by atoms with Crippen LogP contribution in [0.2, 0.25) is 0 Å². The average molecular weight is 234 g/mol. The summed E-state index contributed by atoms with van der Waals surface area (Å²) in [5.41, 5.74) is 7.98. The number of carbonyl (C=O) groups is 1. The van der Waals surface area contributed by atoms with Crippen molar-refractivity contribution in [2.45, 2.75) is 40.3 Å². The van der Waals surface area contributed by atoms with E-state index < -0.39 is 6.04 Å². The van der Waals surface area contributed by atoms with Crippen molar-refractivity contribution in [2.75, 3.05) is 0 Å². The highest BCUT2D eigenvalue weighted by atomic mass is 16.2. The minimum atomic E-state index is -0.480. The highest BCUT2D eigenvalue weighted by molar-refractivity contribution is 5.82. The summed E-state index contributed by atoms with van der Waals surface area (Å²) in [6, 6.07) is 7.52. The van der Waals surface area contributed by atoms with Gasteiger partial charge in [0.05, 0.1) is 6.04 Å². The van der Waals surface area contributed by atoms with E-state index in [0.29, 0.717) is 6.54 Å². The third-order valence-electron chi connectivity index (χ3n) is 2.93. The molecule has 0 fully saturated rings. The van der Waals surface area contributed by atoms with Crippen molar-refractivity contribution in [2.24, 2.45) is 11.1 Å².